The summed E-state index contributed by atoms with van der Waals surface area (Å²) < 4.78 is 16.0. The standard InChI is InChI=1S/C20H29N5O4/c1-14(2)22-23-19-7-8-20(25-24-19)29-13-16(26)12-21-10-9-15-5-6-17(27-3)18(11-15)28-4/h5-8,11,16,21,26H,9-10,12-13H2,1-4H3,(H,23,24). The molecule has 1 heterocycles. The number of hydrazone groups is 1. The van der Waals surface area contributed by atoms with Crippen LogP contribution in [0.4, 0.5) is 5.82 Å². The van der Waals surface area contributed by atoms with Gasteiger partial charge in [0.15, 0.2) is 17.3 Å². The van der Waals surface area contributed by atoms with E-state index in [-0.39, 0.29) is 6.61 Å². The van der Waals surface area contributed by atoms with Crippen molar-refractivity contribution in [2.45, 2.75) is 26.4 Å². The Morgan fingerprint density at radius 3 is 2.55 bits per heavy atom. The molecule has 0 fully saturated rings. The van der Waals surface area contributed by atoms with Crippen LogP contribution in [-0.2, 0) is 6.42 Å². The number of benzene rings is 1. The molecule has 2 aromatic rings. The van der Waals surface area contributed by atoms with Gasteiger partial charge in [0.2, 0.25) is 5.88 Å². The van der Waals surface area contributed by atoms with Gasteiger partial charge in [-0.2, -0.15) is 5.10 Å². The highest BCUT2D eigenvalue weighted by Gasteiger charge is 2.07. The first kappa shape index (κ1) is 22.4. The van der Waals surface area contributed by atoms with Gasteiger partial charge in [-0.3, -0.25) is 5.43 Å². The molecule has 2 rings (SSSR count). The zero-order chi connectivity index (χ0) is 21.1. The maximum atomic E-state index is 10.1. The van der Waals surface area contributed by atoms with Crippen molar-refractivity contribution in [2.24, 2.45) is 5.10 Å². The summed E-state index contributed by atoms with van der Waals surface area (Å²) in [6.45, 7) is 4.99. The van der Waals surface area contributed by atoms with Gasteiger partial charge in [-0.15, -0.1) is 10.2 Å². The van der Waals surface area contributed by atoms with Gasteiger partial charge < -0.3 is 24.6 Å². The molecule has 3 N–H and O–H groups in total. The van der Waals surface area contributed by atoms with E-state index in [2.05, 4.69) is 26.0 Å². The third-order valence-electron chi connectivity index (χ3n) is 3.88. The average molecular weight is 403 g/mol. The first-order chi connectivity index (χ1) is 14.0. The summed E-state index contributed by atoms with van der Waals surface area (Å²) >= 11 is 0. The summed E-state index contributed by atoms with van der Waals surface area (Å²) in [5.74, 6) is 2.28. The van der Waals surface area contributed by atoms with Gasteiger partial charge in [0, 0.05) is 18.3 Å². The van der Waals surface area contributed by atoms with Crippen molar-refractivity contribution in [1.29, 1.82) is 0 Å². The molecule has 0 saturated heterocycles. The quantitative estimate of drug-likeness (QED) is 0.280. The Bertz CT molecular complexity index is 779. The minimum atomic E-state index is -0.660. The molecule has 9 nitrogen and oxygen atoms in total. The van der Waals surface area contributed by atoms with Gasteiger partial charge in [-0.25, -0.2) is 0 Å². The lowest BCUT2D eigenvalue weighted by Gasteiger charge is -2.13. The first-order valence-electron chi connectivity index (χ1n) is 9.35. The fraction of sp³-hybridized carbons (Fsp3) is 0.450. The summed E-state index contributed by atoms with van der Waals surface area (Å²) in [6, 6.07) is 9.21. The fourth-order valence-electron chi connectivity index (χ4n) is 2.40. The van der Waals surface area contributed by atoms with Crippen LogP contribution >= 0.6 is 0 Å². The molecule has 0 radical (unpaired) electrons. The van der Waals surface area contributed by atoms with Gasteiger partial charge >= 0.3 is 0 Å². The molecule has 0 aliphatic heterocycles. The summed E-state index contributed by atoms with van der Waals surface area (Å²) in [4.78, 5) is 0. The maximum absolute atomic E-state index is 10.1. The second-order valence-electron chi connectivity index (χ2n) is 6.54. The molecule has 0 aliphatic rings. The highest BCUT2D eigenvalue weighted by atomic mass is 16.5. The Hall–Kier alpha value is -2.91. The van der Waals surface area contributed by atoms with E-state index in [0.717, 1.165) is 17.7 Å². The predicted molar refractivity (Wildman–Crippen MR) is 112 cm³/mol. The van der Waals surface area contributed by atoms with Crippen LogP contribution in [0.1, 0.15) is 19.4 Å². The van der Waals surface area contributed by atoms with E-state index in [1.165, 1.54) is 0 Å². The number of aromatic nitrogens is 2. The monoisotopic (exact) mass is 403 g/mol. The van der Waals surface area contributed by atoms with Gasteiger partial charge in [0.05, 0.1) is 14.2 Å². The lowest BCUT2D eigenvalue weighted by Crippen LogP contribution is -2.32. The molecule has 9 heteroatoms. The van der Waals surface area contributed by atoms with Crippen LogP contribution in [0.25, 0.3) is 0 Å². The Balaban J connectivity index is 1.67. The number of nitrogens with zero attached hydrogens (tertiary/aromatic N) is 3. The predicted octanol–water partition coefficient (Wildman–Crippen LogP) is 1.87. The number of methoxy groups -OCH3 is 2. The lowest BCUT2D eigenvalue weighted by molar-refractivity contribution is 0.103. The number of anilines is 1. The van der Waals surface area contributed by atoms with E-state index >= 15 is 0 Å². The van der Waals surface area contributed by atoms with E-state index in [4.69, 9.17) is 14.2 Å². The van der Waals surface area contributed by atoms with Crippen molar-refractivity contribution >= 4 is 11.5 Å². The van der Waals surface area contributed by atoms with E-state index in [9.17, 15) is 5.11 Å². The highest BCUT2D eigenvalue weighted by molar-refractivity contribution is 5.79. The molecule has 0 spiro atoms. The molecule has 0 bridgehead atoms. The van der Waals surface area contributed by atoms with Crippen LogP contribution in [0.5, 0.6) is 17.4 Å². The van der Waals surface area contributed by atoms with Crippen LogP contribution < -0.4 is 25.0 Å². The summed E-state index contributed by atoms with van der Waals surface area (Å²) in [7, 11) is 3.23. The molecule has 1 unspecified atom stereocenters. The smallest absolute Gasteiger partial charge is 0.233 e. The van der Waals surface area contributed by atoms with Crippen molar-refractivity contribution in [1.82, 2.24) is 15.5 Å². The van der Waals surface area contributed by atoms with Gasteiger partial charge in [0.1, 0.15) is 12.7 Å². The Kier molecular flexibility index (Phi) is 9.13. The highest BCUT2D eigenvalue weighted by Crippen LogP contribution is 2.27. The molecule has 29 heavy (non-hydrogen) atoms. The number of aliphatic hydroxyl groups excluding tert-OH is 1. The third kappa shape index (κ3) is 7.92. The van der Waals surface area contributed by atoms with Crippen LogP contribution in [0.2, 0.25) is 0 Å². The number of ether oxygens (including phenoxy) is 3. The summed E-state index contributed by atoms with van der Waals surface area (Å²) in [5, 5.41) is 25.2. The molecular formula is C20H29N5O4. The van der Waals surface area contributed by atoms with Crippen molar-refractivity contribution < 1.29 is 19.3 Å². The second-order valence-corrected chi connectivity index (χ2v) is 6.54. The summed E-state index contributed by atoms with van der Waals surface area (Å²) in [5.41, 5.74) is 4.78. The molecule has 1 aromatic heterocycles. The molecule has 0 saturated carbocycles. The van der Waals surface area contributed by atoms with Crippen molar-refractivity contribution in [3.8, 4) is 17.4 Å². The number of aliphatic hydroxyl groups is 1. The zero-order valence-corrected chi connectivity index (χ0v) is 17.3. The number of rotatable bonds is 12. The van der Waals surface area contributed by atoms with Crippen LogP contribution in [0.3, 0.4) is 0 Å². The van der Waals surface area contributed by atoms with E-state index < -0.39 is 6.10 Å². The van der Waals surface area contributed by atoms with Crippen molar-refractivity contribution in [2.75, 3.05) is 39.3 Å². The zero-order valence-electron chi connectivity index (χ0n) is 17.3. The summed E-state index contributed by atoms with van der Waals surface area (Å²) in [6.07, 6.45) is 0.139. The van der Waals surface area contributed by atoms with Gasteiger partial charge in [0.25, 0.3) is 0 Å². The Morgan fingerprint density at radius 2 is 1.90 bits per heavy atom. The normalized spacial score (nSPS) is 11.5. The van der Waals surface area contributed by atoms with E-state index in [1.807, 2.05) is 32.0 Å². The van der Waals surface area contributed by atoms with E-state index in [1.54, 1.807) is 26.4 Å². The van der Waals surface area contributed by atoms with Crippen molar-refractivity contribution in [3.05, 3.63) is 35.9 Å². The molecule has 1 aromatic carbocycles. The topological polar surface area (TPSA) is 110 Å². The Morgan fingerprint density at radius 1 is 1.10 bits per heavy atom. The van der Waals surface area contributed by atoms with Gasteiger partial charge in [-0.1, -0.05) is 6.07 Å². The number of hydrogen-bond acceptors (Lipinski definition) is 9. The van der Waals surface area contributed by atoms with E-state index in [0.29, 0.717) is 36.3 Å². The molecule has 1 atom stereocenters. The third-order valence-corrected chi connectivity index (χ3v) is 3.88. The fourth-order valence-corrected chi connectivity index (χ4v) is 2.40. The largest absolute Gasteiger partial charge is 0.493 e. The van der Waals surface area contributed by atoms with Crippen LogP contribution in [-0.4, -0.2) is 61.0 Å². The minimum absolute atomic E-state index is 0.122. The second kappa shape index (κ2) is 11.8. The maximum Gasteiger partial charge on any atom is 0.233 e. The molecule has 0 amide bonds. The average Bonchev–Trinajstić information content (AvgIpc) is 2.74. The van der Waals surface area contributed by atoms with Gasteiger partial charge in [-0.05, 0) is 50.6 Å². The molecule has 0 aliphatic carbocycles. The van der Waals surface area contributed by atoms with Crippen molar-refractivity contribution in [3.63, 3.8) is 0 Å². The minimum Gasteiger partial charge on any atom is -0.493 e. The lowest BCUT2D eigenvalue weighted by atomic mass is 10.1. The number of nitrogens with one attached hydrogen (secondary N) is 2. The molecule has 158 valence electrons. The van der Waals surface area contributed by atoms with Crippen LogP contribution in [0.15, 0.2) is 35.4 Å². The SMILES string of the molecule is COc1ccc(CCNCC(O)COc2ccc(NN=C(C)C)nn2)cc1OC. The Labute approximate surface area is 171 Å². The van der Waals surface area contributed by atoms with Crippen LogP contribution in [0, 0.1) is 0 Å². The first-order valence-corrected chi connectivity index (χ1v) is 9.35. The number of hydrogen-bond donors (Lipinski definition) is 3. The molecular weight excluding hydrogens is 374 g/mol.